The first-order valence-corrected chi connectivity index (χ1v) is 12.5. The molecule has 0 aliphatic carbocycles. The molecule has 0 spiro atoms. The van der Waals surface area contributed by atoms with Crippen LogP contribution in [0.3, 0.4) is 0 Å². The molecule has 3 aromatic carbocycles. The van der Waals surface area contributed by atoms with Crippen molar-refractivity contribution in [3.8, 4) is 0 Å². The molecule has 5 aromatic rings. The Hall–Kier alpha value is -4.17. The highest BCUT2D eigenvalue weighted by molar-refractivity contribution is 7.17. The Morgan fingerprint density at radius 3 is 2.56 bits per heavy atom. The van der Waals surface area contributed by atoms with E-state index in [1.54, 1.807) is 34.1 Å². The first-order chi connectivity index (χ1) is 17.4. The summed E-state index contributed by atoms with van der Waals surface area (Å²) < 4.78 is 4.28. The fraction of sp³-hybridized carbons (Fsp3) is 0.179. The van der Waals surface area contributed by atoms with Crippen LogP contribution in [0.5, 0.6) is 0 Å². The van der Waals surface area contributed by atoms with Gasteiger partial charge in [-0.05, 0) is 53.3 Å². The van der Waals surface area contributed by atoms with Gasteiger partial charge < -0.3 is 10.4 Å². The molecule has 2 N–H and O–H groups in total. The number of amides is 1. The predicted octanol–water partition coefficient (Wildman–Crippen LogP) is 4.78. The van der Waals surface area contributed by atoms with Gasteiger partial charge in [-0.2, -0.15) is 0 Å². The van der Waals surface area contributed by atoms with Gasteiger partial charge in [-0.1, -0.05) is 42.5 Å². The summed E-state index contributed by atoms with van der Waals surface area (Å²) in [7, 11) is 0. The highest BCUT2D eigenvalue weighted by Crippen LogP contribution is 2.30. The first-order valence-electron chi connectivity index (χ1n) is 11.6. The summed E-state index contributed by atoms with van der Waals surface area (Å²) >= 11 is 1.64. The average Bonchev–Trinajstić information content (AvgIpc) is 3.41. The summed E-state index contributed by atoms with van der Waals surface area (Å²) in [6.45, 7) is 2.82. The van der Waals surface area contributed by atoms with Gasteiger partial charge in [0.05, 0.1) is 24.0 Å². The monoisotopic (exact) mass is 499 g/mol. The average molecular weight is 500 g/mol. The minimum Gasteiger partial charge on any atom is -0.481 e. The number of imidazole rings is 1. The van der Waals surface area contributed by atoms with Crippen LogP contribution < -0.4 is 11.0 Å². The van der Waals surface area contributed by atoms with Crippen LogP contribution in [0.1, 0.15) is 33.5 Å². The van der Waals surface area contributed by atoms with Gasteiger partial charge in [0.25, 0.3) is 5.91 Å². The Kier molecular flexibility index (Phi) is 6.43. The predicted molar refractivity (Wildman–Crippen MR) is 142 cm³/mol. The molecule has 0 unspecified atom stereocenters. The van der Waals surface area contributed by atoms with Crippen LogP contribution >= 0.6 is 11.3 Å². The van der Waals surface area contributed by atoms with Crippen molar-refractivity contribution >= 4 is 44.3 Å². The van der Waals surface area contributed by atoms with E-state index >= 15 is 0 Å². The Labute approximate surface area is 211 Å². The number of rotatable bonds is 8. The molecule has 0 aliphatic rings. The lowest BCUT2D eigenvalue weighted by Crippen LogP contribution is -2.25. The van der Waals surface area contributed by atoms with Gasteiger partial charge in [0, 0.05) is 28.7 Å². The Balaban J connectivity index is 1.53. The maximum absolute atomic E-state index is 13.5. The van der Waals surface area contributed by atoms with Crippen molar-refractivity contribution in [3.05, 3.63) is 105 Å². The molecule has 8 heteroatoms. The highest BCUT2D eigenvalue weighted by Gasteiger charge is 2.18. The maximum atomic E-state index is 13.5. The number of hydrogen-bond donors (Lipinski definition) is 2. The van der Waals surface area contributed by atoms with E-state index in [2.05, 4.69) is 29.8 Å². The molecular weight excluding hydrogens is 474 g/mol. The number of carbonyl (C=O) groups excluding carboxylic acids is 1. The van der Waals surface area contributed by atoms with Gasteiger partial charge in [0.15, 0.2) is 0 Å². The number of carboxylic acids is 1. The van der Waals surface area contributed by atoms with Gasteiger partial charge in [0.1, 0.15) is 0 Å². The Bertz CT molecular complexity index is 1650. The SMILES string of the molecule is Cc1cccc2scc(Cn3c(=O)n(CCC(=O)O)c4cc(C(=O)NCc5ccccc5)ccc43)c12. The fourth-order valence-corrected chi connectivity index (χ4v) is 5.58. The molecular formula is C28H25N3O4S. The van der Waals surface area contributed by atoms with Crippen LogP contribution in [0.15, 0.2) is 76.9 Å². The number of benzene rings is 3. The normalized spacial score (nSPS) is 11.2. The van der Waals surface area contributed by atoms with Crippen LogP contribution in [0, 0.1) is 6.92 Å². The van der Waals surface area contributed by atoms with Gasteiger partial charge in [-0.3, -0.25) is 18.7 Å². The van der Waals surface area contributed by atoms with Gasteiger partial charge in [0.2, 0.25) is 0 Å². The number of nitrogens with one attached hydrogen (secondary N) is 1. The zero-order valence-corrected chi connectivity index (χ0v) is 20.5. The molecule has 0 saturated heterocycles. The van der Waals surface area contributed by atoms with E-state index in [4.69, 9.17) is 0 Å². The van der Waals surface area contributed by atoms with Crippen molar-refractivity contribution in [2.75, 3.05) is 0 Å². The number of fused-ring (bicyclic) bond motifs is 2. The van der Waals surface area contributed by atoms with Gasteiger partial charge in [-0.15, -0.1) is 11.3 Å². The number of nitrogens with zero attached hydrogens (tertiary/aromatic N) is 2. The van der Waals surface area contributed by atoms with E-state index in [-0.39, 0.29) is 24.6 Å². The Morgan fingerprint density at radius 2 is 1.78 bits per heavy atom. The third-order valence-corrected chi connectivity index (χ3v) is 7.33. The summed E-state index contributed by atoms with van der Waals surface area (Å²) in [6.07, 6.45) is -0.191. The second kappa shape index (κ2) is 9.83. The van der Waals surface area contributed by atoms with E-state index in [1.807, 2.05) is 36.4 Å². The largest absolute Gasteiger partial charge is 0.481 e. The molecule has 182 valence electrons. The van der Waals surface area contributed by atoms with E-state index < -0.39 is 5.97 Å². The molecule has 0 fully saturated rings. The second-order valence-corrected chi connectivity index (χ2v) is 9.66. The number of thiophene rings is 1. The summed E-state index contributed by atoms with van der Waals surface area (Å²) in [6, 6.07) is 20.9. The van der Waals surface area contributed by atoms with Gasteiger partial charge >= 0.3 is 11.7 Å². The second-order valence-electron chi connectivity index (χ2n) is 8.74. The molecule has 0 bridgehead atoms. The molecule has 5 rings (SSSR count). The summed E-state index contributed by atoms with van der Waals surface area (Å²) in [4.78, 5) is 37.6. The molecule has 0 aliphatic heterocycles. The number of carbonyl (C=O) groups is 2. The summed E-state index contributed by atoms with van der Waals surface area (Å²) in [5.74, 6) is -1.25. The highest BCUT2D eigenvalue weighted by atomic mass is 32.1. The minimum atomic E-state index is -0.987. The molecule has 0 radical (unpaired) electrons. The smallest absolute Gasteiger partial charge is 0.329 e. The number of carboxylic acid groups (broad SMARTS) is 1. The van der Waals surface area contributed by atoms with Crippen LogP contribution in [-0.2, 0) is 24.4 Å². The molecule has 0 atom stereocenters. The van der Waals surface area contributed by atoms with Crippen molar-refractivity contribution in [2.24, 2.45) is 0 Å². The van der Waals surface area contributed by atoms with E-state index in [0.717, 1.165) is 26.8 Å². The Morgan fingerprint density at radius 1 is 0.972 bits per heavy atom. The fourth-order valence-electron chi connectivity index (χ4n) is 4.55. The lowest BCUT2D eigenvalue weighted by molar-refractivity contribution is -0.137. The van der Waals surface area contributed by atoms with Crippen LogP contribution in [0.25, 0.3) is 21.1 Å². The van der Waals surface area contributed by atoms with Gasteiger partial charge in [-0.25, -0.2) is 4.79 Å². The van der Waals surface area contributed by atoms with Crippen molar-refractivity contribution in [2.45, 2.75) is 33.0 Å². The van der Waals surface area contributed by atoms with Crippen molar-refractivity contribution in [3.63, 3.8) is 0 Å². The van der Waals surface area contributed by atoms with Crippen LogP contribution in [0.4, 0.5) is 0 Å². The molecule has 0 saturated carbocycles. The van der Waals surface area contributed by atoms with Crippen molar-refractivity contribution in [1.29, 1.82) is 0 Å². The third kappa shape index (κ3) is 4.55. The van der Waals surface area contributed by atoms with Crippen molar-refractivity contribution < 1.29 is 14.7 Å². The van der Waals surface area contributed by atoms with Crippen LogP contribution in [0.2, 0.25) is 0 Å². The number of aromatic nitrogens is 2. The van der Waals surface area contributed by atoms with E-state index in [1.165, 1.54) is 4.57 Å². The molecule has 2 heterocycles. The molecule has 36 heavy (non-hydrogen) atoms. The summed E-state index contributed by atoms with van der Waals surface area (Å²) in [5.41, 5.74) is 4.50. The maximum Gasteiger partial charge on any atom is 0.329 e. The molecule has 1 amide bonds. The zero-order valence-electron chi connectivity index (χ0n) is 19.7. The van der Waals surface area contributed by atoms with E-state index in [0.29, 0.717) is 29.7 Å². The number of hydrogen-bond acceptors (Lipinski definition) is 4. The minimum absolute atomic E-state index is 0.0240. The molecule has 2 aromatic heterocycles. The van der Waals surface area contributed by atoms with E-state index in [9.17, 15) is 19.5 Å². The lowest BCUT2D eigenvalue weighted by atomic mass is 10.1. The standard InChI is InChI=1S/C28H25N3O4S/c1-18-6-5-9-24-26(18)21(17-36-24)16-31-22-11-10-20(27(34)29-15-19-7-3-2-4-8-19)14-23(22)30(28(31)35)13-12-25(32)33/h2-11,14,17H,12-13,15-16H2,1H3,(H,29,34)(H,32,33). The first kappa shape index (κ1) is 23.6. The quantitative estimate of drug-likeness (QED) is 0.321. The third-order valence-electron chi connectivity index (χ3n) is 6.34. The number of aryl methyl sites for hydroxylation is 2. The van der Waals surface area contributed by atoms with Crippen LogP contribution in [-0.4, -0.2) is 26.1 Å². The number of aliphatic carboxylic acids is 1. The zero-order chi connectivity index (χ0) is 25.2. The molecule has 7 nitrogen and oxygen atoms in total. The van der Waals surface area contributed by atoms with Crippen molar-refractivity contribution in [1.82, 2.24) is 14.5 Å². The lowest BCUT2D eigenvalue weighted by Gasteiger charge is -2.07. The topological polar surface area (TPSA) is 93.3 Å². The summed E-state index contributed by atoms with van der Waals surface area (Å²) in [5, 5.41) is 15.3.